The van der Waals surface area contributed by atoms with Crippen LogP contribution in [0.4, 0.5) is 5.69 Å². The Balaban J connectivity index is 1.68. The first kappa shape index (κ1) is 13.3. The van der Waals surface area contributed by atoms with Gasteiger partial charge in [0.25, 0.3) is 0 Å². The number of nitrogens with zero attached hydrogens (tertiary/aromatic N) is 1. The SMILES string of the molecule is Cc1occc1CN(C)CC1(c2ccc(N)cc2)CC1. The number of benzene rings is 1. The number of hydrogen-bond donors (Lipinski definition) is 1. The van der Waals surface area contributed by atoms with Gasteiger partial charge in [0.1, 0.15) is 5.76 Å². The molecular weight excluding hydrogens is 248 g/mol. The predicted octanol–water partition coefficient (Wildman–Crippen LogP) is 3.33. The second-order valence-corrected chi connectivity index (χ2v) is 6.08. The minimum atomic E-state index is 0.333. The Morgan fingerprint density at radius 3 is 2.45 bits per heavy atom. The maximum atomic E-state index is 5.78. The minimum Gasteiger partial charge on any atom is -0.469 e. The summed E-state index contributed by atoms with van der Waals surface area (Å²) in [6.45, 7) is 4.05. The molecule has 3 heteroatoms. The van der Waals surface area contributed by atoms with E-state index in [2.05, 4.69) is 30.1 Å². The average molecular weight is 270 g/mol. The highest BCUT2D eigenvalue weighted by Gasteiger charge is 2.44. The number of rotatable bonds is 5. The van der Waals surface area contributed by atoms with Gasteiger partial charge < -0.3 is 15.1 Å². The van der Waals surface area contributed by atoms with Gasteiger partial charge in [-0.15, -0.1) is 0 Å². The van der Waals surface area contributed by atoms with E-state index in [9.17, 15) is 0 Å². The molecule has 1 aliphatic carbocycles. The lowest BCUT2D eigenvalue weighted by Gasteiger charge is -2.24. The van der Waals surface area contributed by atoms with Crippen molar-refractivity contribution in [3.05, 3.63) is 53.5 Å². The molecular formula is C17H22N2O. The van der Waals surface area contributed by atoms with Crippen LogP contribution in [0.3, 0.4) is 0 Å². The van der Waals surface area contributed by atoms with Crippen molar-refractivity contribution in [2.75, 3.05) is 19.3 Å². The Bertz CT molecular complexity index is 581. The summed E-state index contributed by atoms with van der Waals surface area (Å²) in [5.41, 5.74) is 9.65. The number of nitrogens with two attached hydrogens (primary N) is 1. The first-order valence-corrected chi connectivity index (χ1v) is 7.17. The molecule has 0 bridgehead atoms. The third-order valence-electron chi connectivity index (χ3n) is 4.36. The lowest BCUT2D eigenvalue weighted by Crippen LogP contribution is -2.29. The fraction of sp³-hybridized carbons (Fsp3) is 0.412. The van der Waals surface area contributed by atoms with Crippen LogP contribution in [0.1, 0.15) is 29.7 Å². The smallest absolute Gasteiger partial charge is 0.105 e. The first-order chi connectivity index (χ1) is 9.59. The van der Waals surface area contributed by atoms with Crippen molar-refractivity contribution >= 4 is 5.69 Å². The quantitative estimate of drug-likeness (QED) is 0.847. The van der Waals surface area contributed by atoms with Crippen LogP contribution in [-0.4, -0.2) is 18.5 Å². The average Bonchev–Trinajstić information content (AvgIpc) is 3.08. The van der Waals surface area contributed by atoms with E-state index in [4.69, 9.17) is 10.2 Å². The van der Waals surface area contributed by atoms with Gasteiger partial charge in [0.15, 0.2) is 0 Å². The van der Waals surface area contributed by atoms with Crippen LogP contribution in [-0.2, 0) is 12.0 Å². The highest BCUT2D eigenvalue weighted by atomic mass is 16.3. The summed E-state index contributed by atoms with van der Waals surface area (Å²) in [6, 6.07) is 10.4. The van der Waals surface area contributed by atoms with Gasteiger partial charge in [-0.05, 0) is 50.6 Å². The molecule has 2 aromatic rings. The molecule has 1 aromatic heterocycles. The van der Waals surface area contributed by atoms with E-state index in [1.165, 1.54) is 24.0 Å². The Labute approximate surface area is 120 Å². The molecule has 0 amide bonds. The number of hydrogen-bond acceptors (Lipinski definition) is 3. The zero-order valence-corrected chi connectivity index (χ0v) is 12.2. The molecule has 2 N–H and O–H groups in total. The number of likely N-dealkylation sites (N-methyl/N-ethyl adjacent to an activating group) is 1. The van der Waals surface area contributed by atoms with Gasteiger partial charge in [0.05, 0.1) is 6.26 Å². The van der Waals surface area contributed by atoms with Crippen molar-refractivity contribution in [3.8, 4) is 0 Å². The van der Waals surface area contributed by atoms with Crippen molar-refractivity contribution in [3.63, 3.8) is 0 Å². The maximum Gasteiger partial charge on any atom is 0.105 e. The minimum absolute atomic E-state index is 0.333. The van der Waals surface area contributed by atoms with Gasteiger partial charge >= 0.3 is 0 Å². The first-order valence-electron chi connectivity index (χ1n) is 7.17. The van der Waals surface area contributed by atoms with Crippen LogP contribution in [0.5, 0.6) is 0 Å². The molecule has 0 radical (unpaired) electrons. The van der Waals surface area contributed by atoms with Gasteiger partial charge in [-0.3, -0.25) is 0 Å². The second kappa shape index (κ2) is 4.98. The van der Waals surface area contributed by atoms with Crippen LogP contribution < -0.4 is 5.73 Å². The Hall–Kier alpha value is -1.74. The van der Waals surface area contributed by atoms with Crippen molar-refractivity contribution in [1.29, 1.82) is 0 Å². The Morgan fingerprint density at radius 2 is 1.90 bits per heavy atom. The third-order valence-corrected chi connectivity index (χ3v) is 4.36. The summed E-state index contributed by atoms with van der Waals surface area (Å²) < 4.78 is 5.37. The van der Waals surface area contributed by atoms with Gasteiger partial charge in [-0.2, -0.15) is 0 Å². The third kappa shape index (κ3) is 2.59. The van der Waals surface area contributed by atoms with Gasteiger partial charge in [0, 0.05) is 29.8 Å². The molecule has 20 heavy (non-hydrogen) atoms. The van der Waals surface area contributed by atoms with E-state index in [1.54, 1.807) is 6.26 Å². The summed E-state index contributed by atoms with van der Waals surface area (Å²) in [7, 11) is 2.18. The molecule has 106 valence electrons. The highest BCUT2D eigenvalue weighted by Crippen LogP contribution is 2.48. The van der Waals surface area contributed by atoms with Gasteiger partial charge in [-0.25, -0.2) is 0 Å². The van der Waals surface area contributed by atoms with E-state index in [-0.39, 0.29) is 0 Å². The molecule has 0 unspecified atom stereocenters. The van der Waals surface area contributed by atoms with Crippen LogP contribution in [0.15, 0.2) is 41.0 Å². The summed E-state index contributed by atoms with van der Waals surface area (Å²) in [4.78, 5) is 2.39. The Morgan fingerprint density at radius 1 is 1.20 bits per heavy atom. The van der Waals surface area contributed by atoms with E-state index >= 15 is 0 Å². The van der Waals surface area contributed by atoms with E-state index in [0.29, 0.717) is 5.41 Å². The second-order valence-electron chi connectivity index (χ2n) is 6.08. The molecule has 0 aliphatic heterocycles. The fourth-order valence-electron chi connectivity index (χ4n) is 2.96. The van der Waals surface area contributed by atoms with Crippen molar-refractivity contribution in [2.45, 2.75) is 31.7 Å². The molecule has 0 spiro atoms. The summed E-state index contributed by atoms with van der Waals surface area (Å²) in [5.74, 6) is 1.02. The topological polar surface area (TPSA) is 42.4 Å². The lowest BCUT2D eigenvalue weighted by molar-refractivity contribution is 0.292. The molecule has 1 fully saturated rings. The molecule has 1 saturated carbocycles. The summed E-state index contributed by atoms with van der Waals surface area (Å²) in [5, 5.41) is 0. The summed E-state index contributed by atoms with van der Waals surface area (Å²) >= 11 is 0. The van der Waals surface area contributed by atoms with Gasteiger partial charge in [-0.1, -0.05) is 12.1 Å². The molecule has 0 atom stereocenters. The monoisotopic (exact) mass is 270 g/mol. The van der Waals surface area contributed by atoms with E-state index in [0.717, 1.165) is 24.5 Å². The van der Waals surface area contributed by atoms with Crippen LogP contribution in [0.25, 0.3) is 0 Å². The number of aryl methyl sites for hydroxylation is 1. The molecule has 1 heterocycles. The van der Waals surface area contributed by atoms with Crippen LogP contribution in [0, 0.1) is 6.92 Å². The molecule has 3 rings (SSSR count). The van der Waals surface area contributed by atoms with Crippen molar-refractivity contribution in [2.24, 2.45) is 0 Å². The molecule has 1 aromatic carbocycles. The molecule has 0 saturated heterocycles. The summed E-state index contributed by atoms with van der Waals surface area (Å²) in [6.07, 6.45) is 4.31. The standard InChI is InChI=1S/C17H22N2O/c1-13-14(7-10-20-13)11-19(2)12-17(8-9-17)15-3-5-16(18)6-4-15/h3-7,10H,8-9,11-12,18H2,1-2H3. The van der Waals surface area contributed by atoms with E-state index in [1.807, 2.05) is 19.1 Å². The lowest BCUT2D eigenvalue weighted by atomic mass is 9.95. The molecule has 3 nitrogen and oxygen atoms in total. The zero-order valence-electron chi connectivity index (χ0n) is 12.2. The molecule has 1 aliphatic rings. The highest BCUT2D eigenvalue weighted by molar-refractivity contribution is 5.43. The fourth-order valence-corrected chi connectivity index (χ4v) is 2.96. The number of anilines is 1. The van der Waals surface area contributed by atoms with Gasteiger partial charge in [0.2, 0.25) is 0 Å². The van der Waals surface area contributed by atoms with E-state index < -0.39 is 0 Å². The van der Waals surface area contributed by atoms with Crippen molar-refractivity contribution < 1.29 is 4.42 Å². The zero-order chi connectivity index (χ0) is 14.2. The van der Waals surface area contributed by atoms with Crippen LogP contribution >= 0.6 is 0 Å². The largest absolute Gasteiger partial charge is 0.469 e. The van der Waals surface area contributed by atoms with Crippen LogP contribution in [0.2, 0.25) is 0 Å². The Kier molecular flexibility index (Phi) is 3.30. The number of nitrogen functional groups attached to an aromatic ring is 1. The maximum absolute atomic E-state index is 5.78. The predicted molar refractivity (Wildman–Crippen MR) is 81.5 cm³/mol. The van der Waals surface area contributed by atoms with Crippen molar-refractivity contribution in [1.82, 2.24) is 4.90 Å². The number of furan rings is 1. The normalized spacial score (nSPS) is 16.6.